The lowest BCUT2D eigenvalue weighted by molar-refractivity contribution is -0.140. The Labute approximate surface area is 295 Å². The van der Waals surface area contributed by atoms with Gasteiger partial charge in [0.2, 0.25) is 29.5 Å². The average Bonchev–Trinajstić information content (AvgIpc) is 3.04. The summed E-state index contributed by atoms with van der Waals surface area (Å²) in [6.07, 6.45) is 1.26. The van der Waals surface area contributed by atoms with Crippen LogP contribution in [-0.4, -0.2) is 126 Å². The van der Waals surface area contributed by atoms with Crippen molar-refractivity contribution in [2.24, 2.45) is 44.4 Å². The Bertz CT molecular complexity index is 1240. The second-order valence-corrected chi connectivity index (χ2v) is 11.7. The van der Waals surface area contributed by atoms with E-state index >= 15 is 0 Å². The highest BCUT2D eigenvalue weighted by molar-refractivity contribution is 5.97. The molecule has 51 heavy (non-hydrogen) atoms. The molecule has 22 nitrogen and oxygen atoms in total. The molecule has 0 aromatic heterocycles. The number of carbonyl (C=O) groups is 7. The predicted molar refractivity (Wildman–Crippen MR) is 186 cm³/mol. The van der Waals surface area contributed by atoms with Crippen LogP contribution < -0.4 is 61.0 Å². The van der Waals surface area contributed by atoms with Gasteiger partial charge in [0.1, 0.15) is 24.2 Å². The largest absolute Gasteiger partial charge is 0.481 e. The average molecular weight is 730 g/mol. The van der Waals surface area contributed by atoms with Crippen LogP contribution in [0.15, 0.2) is 9.98 Å². The molecule has 19 N–H and O–H groups in total. The number of aliphatic carboxylic acids is 1. The summed E-state index contributed by atoms with van der Waals surface area (Å²) in [6.45, 7) is 2.01. The van der Waals surface area contributed by atoms with Crippen LogP contribution in [0.1, 0.15) is 65.2 Å². The van der Waals surface area contributed by atoms with Crippen molar-refractivity contribution in [3.8, 4) is 0 Å². The van der Waals surface area contributed by atoms with Gasteiger partial charge >= 0.3 is 5.97 Å². The van der Waals surface area contributed by atoms with Gasteiger partial charge in [-0.1, -0.05) is 6.42 Å². The van der Waals surface area contributed by atoms with Crippen molar-refractivity contribution in [3.05, 3.63) is 0 Å². The smallest absolute Gasteiger partial charge is 0.305 e. The number of carbonyl (C=O) groups excluding carboxylic acids is 6. The lowest BCUT2D eigenvalue weighted by Gasteiger charge is -2.26. The van der Waals surface area contributed by atoms with E-state index in [1.807, 2.05) is 0 Å². The molecule has 5 amide bonds. The molecule has 0 radical (unpaired) electrons. The zero-order valence-corrected chi connectivity index (χ0v) is 29.1. The van der Waals surface area contributed by atoms with E-state index in [-0.39, 0.29) is 50.7 Å². The van der Waals surface area contributed by atoms with Crippen molar-refractivity contribution >= 4 is 53.2 Å². The monoisotopic (exact) mass is 729 g/mol. The van der Waals surface area contributed by atoms with E-state index in [1.54, 1.807) is 0 Å². The number of aliphatic hydroxyl groups is 1. The van der Waals surface area contributed by atoms with Gasteiger partial charge in [-0.2, -0.15) is 0 Å². The van der Waals surface area contributed by atoms with E-state index in [9.17, 15) is 38.7 Å². The highest BCUT2D eigenvalue weighted by Crippen LogP contribution is 2.06. The second-order valence-electron chi connectivity index (χ2n) is 11.7. The third-order valence-corrected chi connectivity index (χ3v) is 7.22. The zero-order valence-electron chi connectivity index (χ0n) is 29.1. The maximum Gasteiger partial charge on any atom is 0.305 e. The molecule has 0 spiro atoms. The molecule has 0 rings (SSSR count). The number of nitrogens with one attached hydrogen (secondary N) is 5. The molecule has 0 aliphatic carbocycles. The van der Waals surface area contributed by atoms with Gasteiger partial charge in [-0.3, -0.25) is 43.5 Å². The quantitative estimate of drug-likeness (QED) is 0.0224. The van der Waals surface area contributed by atoms with Gasteiger partial charge in [0.15, 0.2) is 17.7 Å². The van der Waals surface area contributed by atoms with Gasteiger partial charge in [-0.05, 0) is 58.9 Å². The van der Waals surface area contributed by atoms with Gasteiger partial charge in [-0.15, -0.1) is 0 Å². The standard InChI is InChI=1S/C29H55N13O9/c1-15(23(47)41-20(16(2)44)13-22(45)46)38-27(51)21(14-43)42-26(50)19(9-6-12-37-29(34)35)40-25(49)18(8-5-11-36-28(32)33)39-24(48)17(31)7-3-4-10-30/h15,17-21,43H,3-14,30-31H2,1-2H3,(H,38,51)(H,39,48)(H,40,49)(H,41,47)(H,42,50)(H,45,46)(H4,32,33,36)(H4,34,35,37). The number of nitrogens with zero attached hydrogens (tertiary/aromatic N) is 2. The van der Waals surface area contributed by atoms with Crippen molar-refractivity contribution < 1.29 is 43.8 Å². The molecule has 0 aromatic carbocycles. The number of guanidine groups is 2. The summed E-state index contributed by atoms with van der Waals surface area (Å²) in [5.41, 5.74) is 33.0. The van der Waals surface area contributed by atoms with Gasteiger partial charge in [0.05, 0.1) is 25.1 Å². The van der Waals surface area contributed by atoms with Crippen LogP contribution in [0.3, 0.4) is 0 Å². The Morgan fingerprint density at radius 3 is 1.51 bits per heavy atom. The molecule has 6 unspecified atom stereocenters. The summed E-state index contributed by atoms with van der Waals surface area (Å²) >= 11 is 0. The first kappa shape index (κ1) is 45.9. The van der Waals surface area contributed by atoms with Gasteiger partial charge in [0, 0.05) is 13.1 Å². The SMILES string of the molecule is CC(=O)C(CC(=O)O)NC(=O)C(C)NC(=O)C(CO)NC(=O)C(CCCN=C(N)N)NC(=O)C(CCCN=C(N)N)NC(=O)C(N)CCCCN. The Kier molecular flexibility index (Phi) is 22.5. The molecule has 0 saturated carbocycles. The Balaban J connectivity index is 5.94. The molecule has 0 fully saturated rings. The van der Waals surface area contributed by atoms with Crippen LogP contribution in [0.4, 0.5) is 0 Å². The number of rotatable bonds is 26. The fourth-order valence-electron chi connectivity index (χ4n) is 4.35. The molecule has 0 bridgehead atoms. The number of carboxylic acid groups (broad SMARTS) is 1. The van der Waals surface area contributed by atoms with Gasteiger partial charge < -0.3 is 71.2 Å². The number of hydrogen-bond donors (Lipinski definition) is 13. The Morgan fingerprint density at radius 1 is 0.627 bits per heavy atom. The summed E-state index contributed by atoms with van der Waals surface area (Å²) in [6, 6.07) is -7.75. The van der Waals surface area contributed by atoms with Crippen LogP contribution in [0.5, 0.6) is 0 Å². The molecular weight excluding hydrogens is 674 g/mol. The zero-order chi connectivity index (χ0) is 39.1. The summed E-state index contributed by atoms with van der Waals surface area (Å²) in [7, 11) is 0. The van der Waals surface area contributed by atoms with Crippen LogP contribution in [0, 0.1) is 0 Å². The van der Waals surface area contributed by atoms with E-state index < -0.39 is 90.6 Å². The number of Topliss-reactive ketones (excluding diaryl/α,β-unsaturated/α-hetero) is 1. The van der Waals surface area contributed by atoms with Crippen molar-refractivity contribution in [2.45, 2.75) is 101 Å². The topological polar surface area (TPSA) is 401 Å². The number of unbranched alkanes of at least 4 members (excludes halogenated alkanes) is 1. The van der Waals surface area contributed by atoms with Crippen molar-refractivity contribution in [1.82, 2.24) is 26.6 Å². The fourth-order valence-corrected chi connectivity index (χ4v) is 4.35. The lowest BCUT2D eigenvalue weighted by atomic mass is 10.1. The molecular formula is C29H55N13O9. The van der Waals surface area contributed by atoms with Crippen LogP contribution in [0.2, 0.25) is 0 Å². The van der Waals surface area contributed by atoms with Crippen LogP contribution >= 0.6 is 0 Å². The summed E-state index contributed by atoms with van der Waals surface area (Å²) < 4.78 is 0. The summed E-state index contributed by atoms with van der Waals surface area (Å²) in [5.74, 6) is -6.56. The maximum absolute atomic E-state index is 13.5. The van der Waals surface area contributed by atoms with E-state index in [4.69, 9.17) is 39.5 Å². The van der Waals surface area contributed by atoms with E-state index in [0.717, 1.165) is 6.92 Å². The molecule has 0 aliphatic rings. The molecule has 6 atom stereocenters. The van der Waals surface area contributed by atoms with E-state index in [2.05, 4.69) is 36.6 Å². The number of carboxylic acids is 1. The third-order valence-electron chi connectivity index (χ3n) is 7.22. The molecule has 0 aliphatic heterocycles. The first-order valence-corrected chi connectivity index (χ1v) is 16.3. The normalized spacial score (nSPS) is 14.2. The van der Waals surface area contributed by atoms with Gasteiger partial charge in [0.25, 0.3) is 0 Å². The van der Waals surface area contributed by atoms with Crippen molar-refractivity contribution in [3.63, 3.8) is 0 Å². The lowest BCUT2D eigenvalue weighted by Crippen LogP contribution is -2.59. The molecule has 0 aromatic rings. The minimum atomic E-state index is -1.62. The first-order chi connectivity index (χ1) is 23.9. The van der Waals surface area contributed by atoms with Crippen LogP contribution in [-0.2, 0) is 33.6 Å². The van der Waals surface area contributed by atoms with E-state index in [1.165, 1.54) is 6.92 Å². The van der Waals surface area contributed by atoms with Crippen LogP contribution in [0.25, 0.3) is 0 Å². The third kappa shape index (κ3) is 20.2. The van der Waals surface area contributed by atoms with Crippen molar-refractivity contribution in [2.75, 3.05) is 26.2 Å². The molecule has 290 valence electrons. The highest BCUT2D eigenvalue weighted by atomic mass is 16.4. The number of nitrogens with two attached hydrogens (primary N) is 6. The number of hydrogen-bond acceptors (Lipinski definition) is 12. The molecule has 0 saturated heterocycles. The van der Waals surface area contributed by atoms with Crippen molar-refractivity contribution in [1.29, 1.82) is 0 Å². The molecule has 0 heterocycles. The first-order valence-electron chi connectivity index (χ1n) is 16.3. The van der Waals surface area contributed by atoms with E-state index in [0.29, 0.717) is 25.8 Å². The number of aliphatic imine (C=N–C) groups is 2. The summed E-state index contributed by atoms with van der Waals surface area (Å²) in [5, 5.41) is 30.8. The number of amides is 5. The van der Waals surface area contributed by atoms with Gasteiger partial charge in [-0.25, -0.2) is 0 Å². The maximum atomic E-state index is 13.5. The fraction of sp³-hybridized carbons (Fsp3) is 0.690. The number of ketones is 1. The second kappa shape index (κ2) is 25.0. The predicted octanol–water partition coefficient (Wildman–Crippen LogP) is -5.95. The minimum Gasteiger partial charge on any atom is -0.481 e. The minimum absolute atomic E-state index is 0.0464. The Hall–Kier alpha value is -5.09. The number of aliphatic hydroxyl groups excluding tert-OH is 1. The summed E-state index contributed by atoms with van der Waals surface area (Å²) in [4.78, 5) is 95.7. The molecule has 22 heteroatoms. The highest BCUT2D eigenvalue weighted by Gasteiger charge is 2.31. The Morgan fingerprint density at radius 2 is 1.08 bits per heavy atom.